The van der Waals surface area contributed by atoms with Crippen molar-refractivity contribution in [3.63, 3.8) is 0 Å². The zero-order chi connectivity index (χ0) is 19.8. The molecule has 29 heavy (non-hydrogen) atoms. The van der Waals surface area contributed by atoms with E-state index in [0.29, 0.717) is 25.0 Å². The minimum Gasteiger partial charge on any atom is -0.474 e. The summed E-state index contributed by atoms with van der Waals surface area (Å²) in [6.45, 7) is 2.53. The molecule has 1 aromatic heterocycles. The number of carbonyl (C=O) groups is 1. The largest absolute Gasteiger partial charge is 0.474 e. The summed E-state index contributed by atoms with van der Waals surface area (Å²) < 4.78 is 5.93. The molecule has 0 atom stereocenters. The van der Waals surface area contributed by atoms with Crippen LogP contribution in [-0.2, 0) is 11.3 Å². The Balaban J connectivity index is 0.00000300. The van der Waals surface area contributed by atoms with Gasteiger partial charge in [-0.3, -0.25) is 9.79 Å². The Morgan fingerprint density at radius 1 is 1.24 bits per heavy atom. The van der Waals surface area contributed by atoms with Crippen LogP contribution in [0.2, 0.25) is 0 Å². The van der Waals surface area contributed by atoms with E-state index in [-0.39, 0.29) is 29.9 Å². The van der Waals surface area contributed by atoms with Crippen molar-refractivity contribution in [2.45, 2.75) is 57.6 Å². The lowest BCUT2D eigenvalue weighted by Crippen LogP contribution is -2.45. The van der Waals surface area contributed by atoms with Crippen molar-refractivity contribution in [3.05, 3.63) is 23.9 Å². The van der Waals surface area contributed by atoms with Gasteiger partial charge in [-0.1, -0.05) is 6.07 Å². The predicted molar refractivity (Wildman–Crippen MR) is 126 cm³/mol. The zero-order valence-electron chi connectivity index (χ0n) is 17.5. The molecule has 7 nitrogen and oxygen atoms in total. The Morgan fingerprint density at radius 2 is 1.97 bits per heavy atom. The van der Waals surface area contributed by atoms with Crippen LogP contribution in [0.3, 0.4) is 0 Å². The van der Waals surface area contributed by atoms with E-state index in [0.717, 1.165) is 56.2 Å². The van der Waals surface area contributed by atoms with Gasteiger partial charge in [-0.05, 0) is 50.0 Å². The average molecular weight is 515 g/mol. The van der Waals surface area contributed by atoms with Gasteiger partial charge in [-0.25, -0.2) is 4.98 Å². The number of nitrogens with zero attached hydrogens (tertiary/aromatic N) is 3. The summed E-state index contributed by atoms with van der Waals surface area (Å²) in [6, 6.07) is 4.02. The molecule has 2 aliphatic rings. The topological polar surface area (TPSA) is 78.9 Å². The van der Waals surface area contributed by atoms with Crippen molar-refractivity contribution < 1.29 is 9.53 Å². The molecule has 1 aliphatic heterocycles. The van der Waals surface area contributed by atoms with Crippen LogP contribution in [0.5, 0.6) is 5.88 Å². The number of guanidine groups is 1. The second-order valence-electron chi connectivity index (χ2n) is 7.74. The van der Waals surface area contributed by atoms with E-state index in [9.17, 15) is 4.79 Å². The number of likely N-dealkylation sites (tertiary alicyclic amines) is 1. The maximum Gasteiger partial charge on any atom is 0.220 e. The highest BCUT2D eigenvalue weighted by Gasteiger charge is 2.23. The molecular weight excluding hydrogens is 481 g/mol. The van der Waals surface area contributed by atoms with Gasteiger partial charge in [-0.2, -0.15) is 0 Å². The first-order valence-electron chi connectivity index (χ1n) is 10.5. The number of piperidine rings is 1. The van der Waals surface area contributed by atoms with E-state index in [4.69, 9.17) is 4.74 Å². The van der Waals surface area contributed by atoms with E-state index in [1.54, 1.807) is 7.05 Å². The molecule has 0 spiro atoms. The van der Waals surface area contributed by atoms with Gasteiger partial charge in [0.2, 0.25) is 11.8 Å². The van der Waals surface area contributed by atoms with Gasteiger partial charge in [-0.15, -0.1) is 24.0 Å². The van der Waals surface area contributed by atoms with Crippen LogP contribution in [0, 0.1) is 5.92 Å². The standard InChI is InChI=1S/C21H33N5O2.HI/c1-22-19(27)13-16-9-11-26(12-10-16)21(23-2)25-15-17-7-8-20(24-14-17)28-18-5-3-4-6-18;/h7-8,14,16,18H,3-6,9-13,15H2,1-2H3,(H,22,27)(H,23,25);1H. The molecule has 0 radical (unpaired) electrons. The highest BCUT2D eigenvalue weighted by Crippen LogP contribution is 2.23. The molecular formula is C21H34IN5O2. The number of aromatic nitrogens is 1. The van der Waals surface area contributed by atoms with Crippen molar-refractivity contribution in [2.24, 2.45) is 10.9 Å². The number of carbonyl (C=O) groups excluding carboxylic acids is 1. The SMILES string of the molecule is CN=C(NCc1ccc(OC2CCCC2)nc1)N1CCC(CC(=O)NC)CC1.I. The van der Waals surface area contributed by atoms with Gasteiger partial charge in [0.05, 0.1) is 0 Å². The Kier molecular flexibility index (Phi) is 9.96. The van der Waals surface area contributed by atoms with Gasteiger partial charge in [0, 0.05) is 52.4 Å². The van der Waals surface area contributed by atoms with Crippen LogP contribution < -0.4 is 15.4 Å². The second-order valence-corrected chi connectivity index (χ2v) is 7.74. The summed E-state index contributed by atoms with van der Waals surface area (Å²) in [5.41, 5.74) is 1.11. The van der Waals surface area contributed by atoms with Crippen LogP contribution in [0.4, 0.5) is 0 Å². The van der Waals surface area contributed by atoms with Gasteiger partial charge in [0.15, 0.2) is 5.96 Å². The number of hydrogen-bond acceptors (Lipinski definition) is 4. The summed E-state index contributed by atoms with van der Waals surface area (Å²) in [5.74, 6) is 2.22. The molecule has 2 N–H and O–H groups in total. The lowest BCUT2D eigenvalue weighted by Gasteiger charge is -2.34. The highest BCUT2D eigenvalue weighted by molar-refractivity contribution is 14.0. The minimum atomic E-state index is 0. The van der Waals surface area contributed by atoms with Crippen molar-refractivity contribution in [1.82, 2.24) is 20.5 Å². The fourth-order valence-corrected chi connectivity index (χ4v) is 3.99. The Labute approximate surface area is 191 Å². The van der Waals surface area contributed by atoms with Crippen molar-refractivity contribution in [2.75, 3.05) is 27.2 Å². The van der Waals surface area contributed by atoms with Crippen LogP contribution in [-0.4, -0.2) is 55.0 Å². The summed E-state index contributed by atoms with van der Waals surface area (Å²) >= 11 is 0. The molecule has 1 aliphatic carbocycles. The highest BCUT2D eigenvalue weighted by atomic mass is 127. The van der Waals surface area contributed by atoms with Crippen molar-refractivity contribution >= 4 is 35.8 Å². The summed E-state index contributed by atoms with van der Waals surface area (Å²) in [4.78, 5) is 22.7. The molecule has 0 bridgehead atoms. The summed E-state index contributed by atoms with van der Waals surface area (Å²) in [6.07, 6.45) is 9.66. The third-order valence-electron chi connectivity index (χ3n) is 5.72. The van der Waals surface area contributed by atoms with Crippen molar-refractivity contribution in [3.8, 4) is 5.88 Å². The fourth-order valence-electron chi connectivity index (χ4n) is 3.99. The van der Waals surface area contributed by atoms with E-state index in [1.165, 1.54) is 12.8 Å². The van der Waals surface area contributed by atoms with Gasteiger partial charge >= 0.3 is 0 Å². The Morgan fingerprint density at radius 3 is 2.55 bits per heavy atom. The molecule has 162 valence electrons. The average Bonchev–Trinajstić information content (AvgIpc) is 3.23. The molecule has 1 amide bonds. The van der Waals surface area contributed by atoms with Crippen LogP contribution in [0.25, 0.3) is 0 Å². The van der Waals surface area contributed by atoms with E-state index in [1.807, 2.05) is 19.3 Å². The number of aliphatic imine (C=N–C) groups is 1. The molecule has 0 unspecified atom stereocenters. The minimum absolute atomic E-state index is 0. The van der Waals surface area contributed by atoms with Gasteiger partial charge in [0.25, 0.3) is 0 Å². The summed E-state index contributed by atoms with van der Waals surface area (Å²) in [5, 5.41) is 6.15. The molecule has 1 aromatic rings. The van der Waals surface area contributed by atoms with Crippen LogP contribution >= 0.6 is 24.0 Å². The fraction of sp³-hybridized carbons (Fsp3) is 0.667. The number of amides is 1. The molecule has 1 saturated carbocycles. The first-order chi connectivity index (χ1) is 13.7. The number of halogens is 1. The van der Waals surface area contributed by atoms with Crippen molar-refractivity contribution in [1.29, 1.82) is 0 Å². The first kappa shape index (κ1) is 23.7. The Bertz CT molecular complexity index is 654. The molecule has 8 heteroatoms. The Hall–Kier alpha value is -1.58. The number of nitrogens with one attached hydrogen (secondary N) is 2. The van der Waals surface area contributed by atoms with Gasteiger partial charge in [0.1, 0.15) is 6.10 Å². The maximum absolute atomic E-state index is 11.6. The third-order valence-corrected chi connectivity index (χ3v) is 5.72. The number of hydrogen-bond donors (Lipinski definition) is 2. The number of pyridine rings is 1. The summed E-state index contributed by atoms with van der Waals surface area (Å²) in [7, 11) is 3.52. The van der Waals surface area contributed by atoms with E-state index >= 15 is 0 Å². The molecule has 0 aromatic carbocycles. The lowest BCUT2D eigenvalue weighted by molar-refractivity contribution is -0.121. The zero-order valence-corrected chi connectivity index (χ0v) is 19.9. The maximum atomic E-state index is 11.6. The number of rotatable bonds is 6. The van der Waals surface area contributed by atoms with E-state index in [2.05, 4.69) is 31.6 Å². The third kappa shape index (κ3) is 7.31. The quantitative estimate of drug-likeness (QED) is 0.346. The number of ether oxygens (including phenoxy) is 1. The smallest absolute Gasteiger partial charge is 0.220 e. The lowest BCUT2D eigenvalue weighted by atomic mass is 9.93. The van der Waals surface area contributed by atoms with Gasteiger partial charge < -0.3 is 20.3 Å². The molecule has 2 fully saturated rings. The monoisotopic (exact) mass is 515 g/mol. The predicted octanol–water partition coefficient (Wildman–Crippen LogP) is 2.94. The first-order valence-corrected chi connectivity index (χ1v) is 10.5. The second kappa shape index (κ2) is 12.2. The molecule has 1 saturated heterocycles. The van der Waals surface area contributed by atoms with Crippen LogP contribution in [0.15, 0.2) is 23.3 Å². The normalized spacial score (nSPS) is 18.3. The molecule has 3 rings (SSSR count). The molecule has 2 heterocycles. The van der Waals surface area contributed by atoms with E-state index < -0.39 is 0 Å². The van der Waals surface area contributed by atoms with Crippen LogP contribution in [0.1, 0.15) is 50.5 Å².